The van der Waals surface area contributed by atoms with Gasteiger partial charge in [0, 0.05) is 31.9 Å². The quantitative estimate of drug-likeness (QED) is 0.238. The molecule has 9 heteroatoms. The Hall–Kier alpha value is -2.00. The molecular weight excluding hydrogens is 444 g/mol. The standard InChI is InChI=1S/C23H33ClN4O3Si/c1-23(2,3)32(4,5)31-19-13-18(15-27(16-19)14-17-9-7-6-8-10-17)26-20-11-12-25-22(24)21(20)28(29)30/h6-12,18-19H,13-16H2,1-5H3,(H,25,26)/t18-,19-/m1/s1. The molecule has 2 atom stereocenters. The molecule has 1 aromatic carbocycles. The van der Waals surface area contributed by atoms with E-state index in [1.807, 2.05) is 18.2 Å². The van der Waals surface area contributed by atoms with Crippen LogP contribution in [-0.4, -0.2) is 48.4 Å². The van der Waals surface area contributed by atoms with Crippen molar-refractivity contribution in [2.24, 2.45) is 0 Å². The van der Waals surface area contributed by atoms with Gasteiger partial charge in [-0.2, -0.15) is 0 Å². The van der Waals surface area contributed by atoms with Crippen molar-refractivity contribution in [2.45, 2.75) is 64.0 Å². The third-order valence-corrected chi connectivity index (χ3v) is 11.2. The maximum atomic E-state index is 11.6. The summed E-state index contributed by atoms with van der Waals surface area (Å²) in [6.07, 6.45) is 2.31. The van der Waals surface area contributed by atoms with E-state index in [0.717, 1.165) is 26.1 Å². The highest BCUT2D eigenvalue weighted by molar-refractivity contribution is 6.74. The Morgan fingerprint density at radius 2 is 1.94 bits per heavy atom. The second kappa shape index (κ2) is 9.87. The van der Waals surface area contributed by atoms with Crippen LogP contribution in [0.4, 0.5) is 11.4 Å². The summed E-state index contributed by atoms with van der Waals surface area (Å²) in [6.45, 7) is 13.6. The molecular formula is C23H33ClN4O3Si. The van der Waals surface area contributed by atoms with Crippen LogP contribution in [0.2, 0.25) is 23.3 Å². The van der Waals surface area contributed by atoms with E-state index in [2.05, 4.69) is 61.2 Å². The minimum Gasteiger partial charge on any atom is -0.413 e. The molecule has 1 aliphatic rings. The van der Waals surface area contributed by atoms with Crippen molar-refractivity contribution in [3.8, 4) is 0 Å². The average Bonchev–Trinajstić information content (AvgIpc) is 2.67. The van der Waals surface area contributed by atoms with Gasteiger partial charge in [-0.3, -0.25) is 15.0 Å². The molecule has 0 saturated carbocycles. The maximum absolute atomic E-state index is 11.6. The lowest BCUT2D eigenvalue weighted by Crippen LogP contribution is -2.53. The van der Waals surface area contributed by atoms with Crippen molar-refractivity contribution >= 4 is 31.3 Å². The van der Waals surface area contributed by atoms with E-state index < -0.39 is 13.2 Å². The molecule has 1 aromatic heterocycles. The number of halogens is 1. The highest BCUT2D eigenvalue weighted by atomic mass is 35.5. The molecule has 0 aliphatic carbocycles. The number of rotatable bonds is 7. The van der Waals surface area contributed by atoms with Crippen molar-refractivity contribution in [2.75, 3.05) is 18.4 Å². The first-order valence-corrected chi connectivity index (χ1v) is 14.2. The van der Waals surface area contributed by atoms with Crippen LogP contribution >= 0.6 is 11.6 Å². The Morgan fingerprint density at radius 3 is 2.56 bits per heavy atom. The molecule has 2 heterocycles. The summed E-state index contributed by atoms with van der Waals surface area (Å²) >= 11 is 6.02. The van der Waals surface area contributed by atoms with Gasteiger partial charge in [0.1, 0.15) is 5.69 Å². The summed E-state index contributed by atoms with van der Waals surface area (Å²) in [5, 5.41) is 14.9. The molecule has 1 N–H and O–H groups in total. The van der Waals surface area contributed by atoms with E-state index in [9.17, 15) is 10.1 Å². The van der Waals surface area contributed by atoms with Crippen molar-refractivity contribution < 1.29 is 9.35 Å². The first kappa shape index (κ1) is 24.6. The Kier molecular flexibility index (Phi) is 7.60. The Labute approximate surface area is 196 Å². The van der Waals surface area contributed by atoms with Crippen molar-refractivity contribution in [3.05, 3.63) is 63.4 Å². The summed E-state index contributed by atoms with van der Waals surface area (Å²) in [4.78, 5) is 17.3. The summed E-state index contributed by atoms with van der Waals surface area (Å²) in [5.74, 6) is 0. The van der Waals surface area contributed by atoms with Gasteiger partial charge in [0.25, 0.3) is 0 Å². The predicted octanol–water partition coefficient (Wildman–Crippen LogP) is 5.72. The molecule has 1 saturated heterocycles. The van der Waals surface area contributed by atoms with Gasteiger partial charge in [0.15, 0.2) is 8.32 Å². The first-order chi connectivity index (χ1) is 15.0. The number of hydrogen-bond acceptors (Lipinski definition) is 6. The maximum Gasteiger partial charge on any atom is 0.329 e. The molecule has 0 bridgehead atoms. The highest BCUT2D eigenvalue weighted by Gasteiger charge is 2.41. The van der Waals surface area contributed by atoms with Crippen LogP contribution in [0.5, 0.6) is 0 Å². The van der Waals surface area contributed by atoms with Gasteiger partial charge in [0.05, 0.1) is 11.0 Å². The van der Waals surface area contributed by atoms with Gasteiger partial charge in [-0.1, -0.05) is 62.7 Å². The largest absolute Gasteiger partial charge is 0.413 e. The third kappa shape index (κ3) is 6.07. The van der Waals surface area contributed by atoms with Crippen LogP contribution in [0.25, 0.3) is 0 Å². The minimum absolute atomic E-state index is 0.0144. The average molecular weight is 477 g/mol. The second-order valence-corrected chi connectivity index (χ2v) is 15.1. The molecule has 0 unspecified atom stereocenters. The zero-order valence-electron chi connectivity index (χ0n) is 19.5. The van der Waals surface area contributed by atoms with Gasteiger partial charge in [0.2, 0.25) is 5.15 Å². The number of nitro groups is 1. The minimum atomic E-state index is -1.97. The van der Waals surface area contributed by atoms with Crippen LogP contribution in [0, 0.1) is 10.1 Å². The van der Waals surface area contributed by atoms with Crippen molar-refractivity contribution in [1.29, 1.82) is 0 Å². The van der Waals surface area contributed by atoms with Crippen LogP contribution in [0.15, 0.2) is 42.6 Å². The monoisotopic (exact) mass is 476 g/mol. The molecule has 174 valence electrons. The number of piperidine rings is 1. The molecule has 2 aromatic rings. The highest BCUT2D eigenvalue weighted by Crippen LogP contribution is 2.39. The SMILES string of the molecule is CC(C)(C)[Si](C)(C)O[C@@H]1C[C@@H](Nc2ccnc(Cl)c2[N+](=O)[O-])CN(Cc2ccccc2)C1. The zero-order valence-corrected chi connectivity index (χ0v) is 21.2. The number of likely N-dealkylation sites (tertiary alicyclic amines) is 1. The van der Waals surface area contributed by atoms with Crippen LogP contribution in [0.3, 0.4) is 0 Å². The number of anilines is 1. The van der Waals surface area contributed by atoms with Crippen LogP contribution < -0.4 is 5.32 Å². The van der Waals surface area contributed by atoms with E-state index in [0.29, 0.717) is 5.69 Å². The van der Waals surface area contributed by atoms with Crippen LogP contribution in [-0.2, 0) is 11.0 Å². The van der Waals surface area contributed by atoms with E-state index in [1.54, 1.807) is 6.07 Å². The second-order valence-electron chi connectivity index (χ2n) is 10.0. The van der Waals surface area contributed by atoms with Crippen molar-refractivity contribution in [3.63, 3.8) is 0 Å². The van der Waals surface area contributed by atoms with Gasteiger partial charge < -0.3 is 9.74 Å². The van der Waals surface area contributed by atoms with Gasteiger partial charge in [-0.05, 0) is 36.2 Å². The number of aromatic nitrogens is 1. The number of hydrogen-bond donors (Lipinski definition) is 1. The summed E-state index contributed by atoms with van der Waals surface area (Å²) in [5.41, 5.74) is 1.45. The topological polar surface area (TPSA) is 80.5 Å². The normalized spacial score (nSPS) is 20.2. The fraction of sp³-hybridized carbons (Fsp3) is 0.522. The Balaban J connectivity index is 1.83. The first-order valence-electron chi connectivity index (χ1n) is 11.0. The third-order valence-electron chi connectivity index (χ3n) is 6.43. The lowest BCUT2D eigenvalue weighted by atomic mass is 10.0. The molecule has 1 fully saturated rings. The molecule has 3 rings (SSSR count). The summed E-state index contributed by atoms with van der Waals surface area (Å²) < 4.78 is 6.77. The summed E-state index contributed by atoms with van der Waals surface area (Å²) in [6, 6.07) is 11.9. The number of benzene rings is 1. The molecule has 32 heavy (non-hydrogen) atoms. The molecule has 0 radical (unpaired) electrons. The van der Waals surface area contributed by atoms with Crippen LogP contribution in [0.1, 0.15) is 32.8 Å². The van der Waals surface area contributed by atoms with E-state index in [1.165, 1.54) is 11.8 Å². The van der Waals surface area contributed by atoms with Gasteiger partial charge >= 0.3 is 5.69 Å². The Morgan fingerprint density at radius 1 is 1.25 bits per heavy atom. The smallest absolute Gasteiger partial charge is 0.329 e. The fourth-order valence-electron chi connectivity index (χ4n) is 3.83. The molecule has 0 amide bonds. The lowest BCUT2D eigenvalue weighted by Gasteiger charge is -2.44. The number of nitrogens with one attached hydrogen (secondary N) is 1. The zero-order chi connectivity index (χ0) is 23.5. The van der Waals surface area contributed by atoms with Gasteiger partial charge in [-0.15, -0.1) is 0 Å². The number of pyridine rings is 1. The molecule has 0 spiro atoms. The molecule has 7 nitrogen and oxygen atoms in total. The fourth-order valence-corrected chi connectivity index (χ4v) is 5.42. The predicted molar refractivity (Wildman–Crippen MR) is 132 cm³/mol. The van der Waals surface area contributed by atoms with E-state index >= 15 is 0 Å². The van der Waals surface area contributed by atoms with Crippen molar-refractivity contribution in [1.82, 2.24) is 9.88 Å². The summed E-state index contributed by atoms with van der Waals surface area (Å²) in [7, 11) is -1.97. The van der Waals surface area contributed by atoms with E-state index in [4.69, 9.17) is 16.0 Å². The van der Waals surface area contributed by atoms with Gasteiger partial charge in [-0.25, -0.2) is 4.98 Å². The Bertz CT molecular complexity index is 937. The lowest BCUT2D eigenvalue weighted by molar-refractivity contribution is -0.384. The van der Waals surface area contributed by atoms with E-state index in [-0.39, 0.29) is 28.0 Å². The number of nitrogens with zero attached hydrogens (tertiary/aromatic N) is 3. The molecule has 1 aliphatic heterocycles.